The minimum Gasteiger partial charge on any atom is -0.494 e. The molecule has 0 bridgehead atoms. The highest BCUT2D eigenvalue weighted by Crippen LogP contribution is 2.16. The summed E-state index contributed by atoms with van der Waals surface area (Å²) in [5, 5.41) is 2.73. The van der Waals surface area contributed by atoms with Crippen LogP contribution < -0.4 is 10.1 Å². The summed E-state index contributed by atoms with van der Waals surface area (Å²) in [5.74, 6) is 0.821. The quantitative estimate of drug-likeness (QED) is 0.747. The van der Waals surface area contributed by atoms with Crippen LogP contribution >= 0.6 is 0 Å². The van der Waals surface area contributed by atoms with E-state index in [1.165, 1.54) is 12.8 Å². The van der Waals surface area contributed by atoms with E-state index in [1.807, 2.05) is 24.3 Å². The fraction of sp³-hybridized carbons (Fsp3) is 0.588. The monoisotopic (exact) mass is 306 g/mol. The van der Waals surface area contributed by atoms with Crippen molar-refractivity contribution in [1.82, 2.24) is 4.90 Å². The summed E-state index contributed by atoms with van der Waals surface area (Å²) >= 11 is 0. The van der Waals surface area contributed by atoms with E-state index in [1.54, 1.807) is 0 Å². The van der Waals surface area contributed by atoms with E-state index < -0.39 is 6.09 Å². The average molecular weight is 306 g/mol. The van der Waals surface area contributed by atoms with Crippen molar-refractivity contribution in [2.75, 3.05) is 38.2 Å². The number of carbonyl (C=O) groups is 1. The molecule has 5 nitrogen and oxygen atoms in total. The van der Waals surface area contributed by atoms with Crippen molar-refractivity contribution >= 4 is 11.8 Å². The second-order valence-electron chi connectivity index (χ2n) is 5.54. The number of hydrogen-bond donors (Lipinski definition) is 1. The molecule has 1 heterocycles. The van der Waals surface area contributed by atoms with Gasteiger partial charge in [-0.2, -0.15) is 0 Å². The molecule has 5 heteroatoms. The van der Waals surface area contributed by atoms with Crippen LogP contribution in [0.2, 0.25) is 0 Å². The van der Waals surface area contributed by atoms with E-state index >= 15 is 0 Å². The number of anilines is 1. The Morgan fingerprint density at radius 3 is 2.59 bits per heavy atom. The molecule has 0 aliphatic carbocycles. The summed E-state index contributed by atoms with van der Waals surface area (Å²) in [4.78, 5) is 14.0. The lowest BCUT2D eigenvalue weighted by molar-refractivity contribution is 0.146. The lowest BCUT2D eigenvalue weighted by atomic mass is 10.3. The van der Waals surface area contributed by atoms with Crippen LogP contribution in [0.5, 0.6) is 5.75 Å². The van der Waals surface area contributed by atoms with Crippen molar-refractivity contribution < 1.29 is 14.3 Å². The van der Waals surface area contributed by atoms with Crippen molar-refractivity contribution in [3.8, 4) is 5.75 Å². The molecule has 0 spiro atoms. The third-order valence-corrected chi connectivity index (χ3v) is 3.71. The lowest BCUT2D eigenvalue weighted by Gasteiger charge is -2.14. The van der Waals surface area contributed by atoms with Crippen LogP contribution in [0.4, 0.5) is 10.5 Å². The molecule has 122 valence electrons. The largest absolute Gasteiger partial charge is 0.494 e. The molecule has 2 rings (SSSR count). The van der Waals surface area contributed by atoms with Gasteiger partial charge in [0.2, 0.25) is 0 Å². The number of nitrogens with zero attached hydrogens (tertiary/aromatic N) is 1. The zero-order valence-corrected chi connectivity index (χ0v) is 13.3. The van der Waals surface area contributed by atoms with Gasteiger partial charge in [0.15, 0.2) is 0 Å². The first-order valence-corrected chi connectivity index (χ1v) is 8.17. The molecule has 0 atom stereocenters. The smallest absolute Gasteiger partial charge is 0.411 e. The SMILES string of the molecule is CCCCOc1ccc(NC(=O)OCCN2CCCC2)cc1. The summed E-state index contributed by atoms with van der Waals surface area (Å²) < 4.78 is 10.8. The average Bonchev–Trinajstić information content (AvgIpc) is 3.03. The van der Waals surface area contributed by atoms with Crippen molar-refractivity contribution in [2.45, 2.75) is 32.6 Å². The molecule has 1 amide bonds. The molecule has 0 unspecified atom stereocenters. The van der Waals surface area contributed by atoms with Gasteiger partial charge in [-0.25, -0.2) is 4.79 Å². The van der Waals surface area contributed by atoms with Gasteiger partial charge in [0.1, 0.15) is 12.4 Å². The van der Waals surface area contributed by atoms with Gasteiger partial charge in [-0.3, -0.25) is 10.2 Å². The maximum absolute atomic E-state index is 11.7. The van der Waals surface area contributed by atoms with Gasteiger partial charge in [-0.05, 0) is 56.6 Å². The number of unbranched alkanes of at least 4 members (excludes halogenated alkanes) is 1. The third-order valence-electron chi connectivity index (χ3n) is 3.71. The van der Waals surface area contributed by atoms with Crippen LogP contribution in [0.25, 0.3) is 0 Å². The van der Waals surface area contributed by atoms with E-state index in [2.05, 4.69) is 17.1 Å². The van der Waals surface area contributed by atoms with Crippen molar-refractivity contribution in [3.63, 3.8) is 0 Å². The molecule has 1 saturated heterocycles. The highest BCUT2D eigenvalue weighted by Gasteiger charge is 2.11. The van der Waals surface area contributed by atoms with Crippen molar-refractivity contribution in [1.29, 1.82) is 0 Å². The summed E-state index contributed by atoms with van der Waals surface area (Å²) in [5.41, 5.74) is 0.717. The second-order valence-corrected chi connectivity index (χ2v) is 5.54. The Hall–Kier alpha value is -1.75. The zero-order chi connectivity index (χ0) is 15.6. The molecular weight excluding hydrogens is 280 g/mol. The number of amides is 1. The van der Waals surface area contributed by atoms with Gasteiger partial charge in [0.05, 0.1) is 6.61 Å². The summed E-state index contributed by atoms with van der Waals surface area (Å²) in [7, 11) is 0. The minimum atomic E-state index is -0.404. The van der Waals surface area contributed by atoms with E-state index in [-0.39, 0.29) is 0 Å². The first-order chi connectivity index (χ1) is 10.8. The Balaban J connectivity index is 1.65. The normalized spacial score (nSPS) is 14.8. The summed E-state index contributed by atoms with van der Waals surface area (Å²) in [6.45, 7) is 6.34. The number of benzene rings is 1. The molecule has 1 aromatic carbocycles. The standard InChI is InChI=1S/C17H26N2O3/c1-2-3-13-21-16-8-6-15(7-9-16)18-17(20)22-14-12-19-10-4-5-11-19/h6-9H,2-5,10-14H2,1H3,(H,18,20). The Morgan fingerprint density at radius 2 is 1.91 bits per heavy atom. The van der Waals surface area contributed by atoms with Crippen LogP contribution in [0.15, 0.2) is 24.3 Å². The zero-order valence-electron chi connectivity index (χ0n) is 13.3. The highest BCUT2D eigenvalue weighted by atomic mass is 16.5. The summed E-state index contributed by atoms with van der Waals surface area (Å²) in [6.07, 6.45) is 4.25. The van der Waals surface area contributed by atoms with Gasteiger partial charge < -0.3 is 9.47 Å². The van der Waals surface area contributed by atoms with Crippen LogP contribution in [0.1, 0.15) is 32.6 Å². The molecule has 1 fully saturated rings. The Labute approximate surface area is 132 Å². The maximum atomic E-state index is 11.7. The van der Waals surface area contributed by atoms with E-state index in [9.17, 15) is 4.79 Å². The molecule has 1 aromatic rings. The molecular formula is C17H26N2O3. The van der Waals surface area contributed by atoms with Gasteiger partial charge >= 0.3 is 6.09 Å². The van der Waals surface area contributed by atoms with Crippen molar-refractivity contribution in [3.05, 3.63) is 24.3 Å². The molecule has 0 saturated carbocycles. The number of likely N-dealkylation sites (tertiary alicyclic amines) is 1. The fourth-order valence-electron chi connectivity index (χ4n) is 2.40. The molecule has 1 N–H and O–H groups in total. The van der Waals surface area contributed by atoms with Crippen molar-refractivity contribution in [2.24, 2.45) is 0 Å². The van der Waals surface area contributed by atoms with Gasteiger partial charge in [-0.15, -0.1) is 0 Å². The highest BCUT2D eigenvalue weighted by molar-refractivity contribution is 5.84. The lowest BCUT2D eigenvalue weighted by Crippen LogP contribution is -2.26. The second kappa shape index (κ2) is 9.30. The Kier molecular flexibility index (Phi) is 7.03. The first kappa shape index (κ1) is 16.6. The first-order valence-electron chi connectivity index (χ1n) is 8.17. The predicted octanol–water partition coefficient (Wildman–Crippen LogP) is 3.51. The topological polar surface area (TPSA) is 50.8 Å². The Bertz CT molecular complexity index is 442. The van der Waals surface area contributed by atoms with Gasteiger partial charge in [-0.1, -0.05) is 13.3 Å². The molecule has 22 heavy (non-hydrogen) atoms. The van der Waals surface area contributed by atoms with Crippen LogP contribution in [0, 0.1) is 0 Å². The number of ether oxygens (including phenoxy) is 2. The van der Waals surface area contributed by atoms with E-state index in [4.69, 9.17) is 9.47 Å². The van der Waals surface area contributed by atoms with E-state index in [0.717, 1.165) is 44.8 Å². The third kappa shape index (κ3) is 5.93. The molecule has 1 aliphatic rings. The number of carbonyl (C=O) groups excluding carboxylic acids is 1. The molecule has 0 radical (unpaired) electrons. The maximum Gasteiger partial charge on any atom is 0.411 e. The van der Waals surface area contributed by atoms with Gasteiger partial charge in [0.25, 0.3) is 0 Å². The van der Waals surface area contributed by atoms with Gasteiger partial charge in [0, 0.05) is 12.2 Å². The Morgan fingerprint density at radius 1 is 1.18 bits per heavy atom. The molecule has 1 aliphatic heterocycles. The van der Waals surface area contributed by atoms with Crippen LogP contribution in [-0.2, 0) is 4.74 Å². The fourth-order valence-corrected chi connectivity index (χ4v) is 2.40. The number of nitrogens with one attached hydrogen (secondary N) is 1. The van der Waals surface area contributed by atoms with Crippen LogP contribution in [-0.4, -0.2) is 43.8 Å². The summed E-state index contributed by atoms with van der Waals surface area (Å²) in [6, 6.07) is 7.36. The predicted molar refractivity (Wildman–Crippen MR) is 87.5 cm³/mol. The minimum absolute atomic E-state index is 0.404. The van der Waals surface area contributed by atoms with Crippen LogP contribution in [0.3, 0.4) is 0 Å². The molecule has 0 aromatic heterocycles. The number of hydrogen-bond acceptors (Lipinski definition) is 4. The van der Waals surface area contributed by atoms with E-state index in [0.29, 0.717) is 12.3 Å². The number of rotatable bonds is 8.